The van der Waals surface area contributed by atoms with Crippen LogP contribution in [0.4, 0.5) is 5.69 Å². The SMILES string of the molecule is Cc1nn(CC(=O)N2CCN(Cc3cnn(C)c3)CC2)c(C)c1[N+](=O)[O-]. The highest BCUT2D eigenvalue weighted by molar-refractivity contribution is 5.76. The highest BCUT2D eigenvalue weighted by Gasteiger charge is 2.26. The Labute approximate surface area is 151 Å². The lowest BCUT2D eigenvalue weighted by Gasteiger charge is -2.34. The number of amides is 1. The maximum atomic E-state index is 12.5. The number of rotatable bonds is 5. The van der Waals surface area contributed by atoms with Gasteiger partial charge >= 0.3 is 5.69 Å². The van der Waals surface area contributed by atoms with Crippen molar-refractivity contribution in [2.24, 2.45) is 7.05 Å². The maximum absolute atomic E-state index is 12.5. The van der Waals surface area contributed by atoms with Gasteiger partial charge in [-0.3, -0.25) is 29.2 Å². The van der Waals surface area contributed by atoms with Gasteiger partial charge in [-0.2, -0.15) is 10.2 Å². The van der Waals surface area contributed by atoms with Crippen molar-refractivity contribution in [3.8, 4) is 0 Å². The molecule has 0 aromatic carbocycles. The minimum atomic E-state index is -0.449. The average molecular weight is 361 g/mol. The van der Waals surface area contributed by atoms with Gasteiger partial charge in [0, 0.05) is 51.5 Å². The molecule has 0 atom stereocenters. The molecule has 0 aliphatic carbocycles. The van der Waals surface area contributed by atoms with E-state index in [1.54, 1.807) is 23.4 Å². The molecule has 1 amide bonds. The van der Waals surface area contributed by atoms with E-state index in [1.165, 1.54) is 4.68 Å². The van der Waals surface area contributed by atoms with Crippen LogP contribution in [0.1, 0.15) is 17.0 Å². The Bertz CT molecular complexity index is 818. The van der Waals surface area contributed by atoms with Gasteiger partial charge in [0.2, 0.25) is 5.91 Å². The standard InChI is InChI=1S/C16H23N7O3/c1-12-16(23(25)26)13(2)22(18-12)11-15(24)21-6-4-20(5-7-21)10-14-8-17-19(3)9-14/h8-9H,4-7,10-11H2,1-3H3. The van der Waals surface area contributed by atoms with E-state index in [-0.39, 0.29) is 18.1 Å². The third-order valence-corrected chi connectivity index (χ3v) is 4.70. The van der Waals surface area contributed by atoms with Gasteiger partial charge in [0.1, 0.15) is 17.9 Å². The molecule has 140 valence electrons. The molecule has 2 aromatic heterocycles. The van der Waals surface area contributed by atoms with Crippen molar-refractivity contribution in [1.82, 2.24) is 29.4 Å². The van der Waals surface area contributed by atoms with Crippen LogP contribution < -0.4 is 0 Å². The van der Waals surface area contributed by atoms with Crippen LogP contribution in [-0.4, -0.2) is 66.4 Å². The van der Waals surface area contributed by atoms with Crippen LogP contribution >= 0.6 is 0 Å². The average Bonchev–Trinajstić information content (AvgIpc) is 3.11. The zero-order valence-corrected chi connectivity index (χ0v) is 15.3. The number of nitro groups is 1. The van der Waals surface area contributed by atoms with E-state index in [9.17, 15) is 14.9 Å². The molecule has 0 radical (unpaired) electrons. The van der Waals surface area contributed by atoms with Crippen molar-refractivity contribution in [1.29, 1.82) is 0 Å². The quantitative estimate of drug-likeness (QED) is 0.567. The molecule has 10 heteroatoms. The van der Waals surface area contributed by atoms with E-state index in [0.29, 0.717) is 24.5 Å². The number of aromatic nitrogens is 4. The van der Waals surface area contributed by atoms with E-state index < -0.39 is 4.92 Å². The molecule has 1 aliphatic rings. The zero-order valence-electron chi connectivity index (χ0n) is 15.3. The predicted octanol–water partition coefficient (Wildman–Crippen LogP) is 0.486. The van der Waals surface area contributed by atoms with Crippen molar-refractivity contribution >= 4 is 11.6 Å². The summed E-state index contributed by atoms with van der Waals surface area (Å²) in [6.07, 6.45) is 3.85. The van der Waals surface area contributed by atoms with Crippen LogP contribution in [-0.2, 0) is 24.9 Å². The van der Waals surface area contributed by atoms with E-state index in [1.807, 2.05) is 19.4 Å². The molecule has 1 fully saturated rings. The summed E-state index contributed by atoms with van der Waals surface area (Å²) in [5, 5.41) is 19.4. The van der Waals surface area contributed by atoms with Gasteiger partial charge in [0.25, 0.3) is 0 Å². The first-order valence-corrected chi connectivity index (χ1v) is 8.51. The molecule has 1 saturated heterocycles. The number of hydrogen-bond donors (Lipinski definition) is 0. The fraction of sp³-hybridized carbons (Fsp3) is 0.562. The number of piperazine rings is 1. The molecule has 0 saturated carbocycles. The second kappa shape index (κ2) is 7.24. The van der Waals surface area contributed by atoms with Crippen LogP contribution in [0.25, 0.3) is 0 Å². The van der Waals surface area contributed by atoms with Crippen LogP contribution in [0, 0.1) is 24.0 Å². The molecule has 10 nitrogen and oxygen atoms in total. The van der Waals surface area contributed by atoms with Gasteiger partial charge in [-0.15, -0.1) is 0 Å². The number of nitrogens with zero attached hydrogens (tertiary/aromatic N) is 7. The maximum Gasteiger partial charge on any atom is 0.312 e. The summed E-state index contributed by atoms with van der Waals surface area (Å²) < 4.78 is 3.21. The topological polar surface area (TPSA) is 102 Å². The minimum absolute atomic E-state index is 0.0147. The first-order chi connectivity index (χ1) is 12.3. The van der Waals surface area contributed by atoms with Gasteiger partial charge in [-0.25, -0.2) is 0 Å². The smallest absolute Gasteiger partial charge is 0.312 e. The molecule has 1 aliphatic heterocycles. The van der Waals surface area contributed by atoms with Crippen LogP contribution in [0.3, 0.4) is 0 Å². The summed E-state index contributed by atoms with van der Waals surface area (Å²) >= 11 is 0. The molecule has 0 N–H and O–H groups in total. The number of aryl methyl sites for hydroxylation is 2. The molecular weight excluding hydrogens is 338 g/mol. The van der Waals surface area contributed by atoms with Gasteiger partial charge in [0.15, 0.2) is 0 Å². The lowest BCUT2D eigenvalue weighted by atomic mass is 10.2. The summed E-state index contributed by atoms with van der Waals surface area (Å²) in [6, 6.07) is 0. The molecular formula is C16H23N7O3. The summed E-state index contributed by atoms with van der Waals surface area (Å²) in [6.45, 7) is 6.92. The fourth-order valence-corrected chi connectivity index (χ4v) is 3.30. The number of carbonyl (C=O) groups is 1. The first-order valence-electron chi connectivity index (χ1n) is 8.51. The van der Waals surface area contributed by atoms with E-state index in [2.05, 4.69) is 15.1 Å². The van der Waals surface area contributed by atoms with E-state index in [0.717, 1.165) is 25.2 Å². The van der Waals surface area contributed by atoms with Crippen molar-refractivity contribution < 1.29 is 9.72 Å². The largest absolute Gasteiger partial charge is 0.339 e. The van der Waals surface area contributed by atoms with Crippen molar-refractivity contribution in [2.45, 2.75) is 26.9 Å². The molecule has 26 heavy (non-hydrogen) atoms. The van der Waals surface area contributed by atoms with Crippen molar-refractivity contribution in [3.63, 3.8) is 0 Å². The lowest BCUT2D eigenvalue weighted by Crippen LogP contribution is -2.49. The third-order valence-electron chi connectivity index (χ3n) is 4.70. The highest BCUT2D eigenvalue weighted by Crippen LogP contribution is 2.21. The highest BCUT2D eigenvalue weighted by atomic mass is 16.6. The Balaban J connectivity index is 1.55. The van der Waals surface area contributed by atoms with Crippen molar-refractivity contribution in [2.75, 3.05) is 26.2 Å². The second-order valence-electron chi connectivity index (χ2n) is 6.61. The van der Waals surface area contributed by atoms with Gasteiger partial charge in [-0.05, 0) is 13.8 Å². The Morgan fingerprint density at radius 3 is 2.50 bits per heavy atom. The monoisotopic (exact) mass is 361 g/mol. The number of hydrogen-bond acceptors (Lipinski definition) is 6. The molecule has 3 rings (SSSR count). The second-order valence-corrected chi connectivity index (χ2v) is 6.61. The Morgan fingerprint density at radius 2 is 1.96 bits per heavy atom. The fourth-order valence-electron chi connectivity index (χ4n) is 3.30. The molecule has 0 bridgehead atoms. The third kappa shape index (κ3) is 3.74. The van der Waals surface area contributed by atoms with Crippen LogP contribution in [0.5, 0.6) is 0 Å². The van der Waals surface area contributed by atoms with E-state index in [4.69, 9.17) is 0 Å². The Hall–Kier alpha value is -2.75. The molecule has 0 unspecified atom stereocenters. The van der Waals surface area contributed by atoms with E-state index >= 15 is 0 Å². The molecule has 3 heterocycles. The van der Waals surface area contributed by atoms with Gasteiger partial charge in [-0.1, -0.05) is 0 Å². The summed E-state index contributed by atoms with van der Waals surface area (Å²) in [7, 11) is 1.89. The van der Waals surface area contributed by atoms with Crippen LogP contribution in [0.15, 0.2) is 12.4 Å². The van der Waals surface area contributed by atoms with Crippen LogP contribution in [0.2, 0.25) is 0 Å². The van der Waals surface area contributed by atoms with Crippen molar-refractivity contribution in [3.05, 3.63) is 39.5 Å². The summed E-state index contributed by atoms with van der Waals surface area (Å²) in [4.78, 5) is 27.3. The molecule has 2 aromatic rings. The summed E-state index contributed by atoms with van der Waals surface area (Å²) in [5.41, 5.74) is 1.89. The molecule has 0 spiro atoms. The Morgan fingerprint density at radius 1 is 1.27 bits per heavy atom. The minimum Gasteiger partial charge on any atom is -0.339 e. The van der Waals surface area contributed by atoms with Gasteiger partial charge < -0.3 is 4.90 Å². The zero-order chi connectivity index (χ0) is 18.8. The first kappa shape index (κ1) is 18.1. The number of carbonyl (C=O) groups excluding carboxylic acids is 1. The lowest BCUT2D eigenvalue weighted by molar-refractivity contribution is -0.386. The van der Waals surface area contributed by atoms with Gasteiger partial charge in [0.05, 0.1) is 11.1 Å². The normalized spacial score (nSPS) is 15.4. The summed E-state index contributed by atoms with van der Waals surface area (Å²) in [5.74, 6) is -0.0634. The predicted molar refractivity (Wildman–Crippen MR) is 93.4 cm³/mol. The Kier molecular flexibility index (Phi) is 5.03.